The third kappa shape index (κ3) is 5.96. The molecule has 0 aliphatic carbocycles. The van der Waals surface area contributed by atoms with E-state index in [1.54, 1.807) is 11.3 Å². The first-order chi connectivity index (χ1) is 12.4. The van der Waals surface area contributed by atoms with Crippen molar-refractivity contribution in [3.8, 4) is 0 Å². The number of morpholine rings is 1. The third-order valence-corrected chi connectivity index (χ3v) is 5.44. The second-order valence-electron chi connectivity index (χ2n) is 7.00. The lowest BCUT2D eigenvalue weighted by atomic mass is 9.93. The van der Waals surface area contributed by atoms with Crippen molar-refractivity contribution in [2.45, 2.75) is 26.8 Å². The molecule has 2 rings (SSSR count). The summed E-state index contributed by atoms with van der Waals surface area (Å²) in [5.74, 6) is 0.360. The Morgan fingerprint density at radius 1 is 1.42 bits per heavy atom. The SMILES string of the molecule is CCNC(=NCC(C)(C)C(N)=O)NCC(c1cccs1)N1CCOCC1. The van der Waals surface area contributed by atoms with E-state index in [0.717, 1.165) is 39.4 Å². The smallest absolute Gasteiger partial charge is 0.224 e. The van der Waals surface area contributed by atoms with E-state index >= 15 is 0 Å². The van der Waals surface area contributed by atoms with Gasteiger partial charge in [0.2, 0.25) is 5.91 Å². The fourth-order valence-corrected chi connectivity index (χ4v) is 3.53. The number of rotatable bonds is 8. The monoisotopic (exact) mass is 381 g/mol. The molecule has 1 atom stereocenters. The lowest BCUT2D eigenvalue weighted by Gasteiger charge is -2.34. The van der Waals surface area contributed by atoms with Crippen LogP contribution in [0.15, 0.2) is 22.5 Å². The molecule has 4 N–H and O–H groups in total. The van der Waals surface area contributed by atoms with Crippen LogP contribution in [0.1, 0.15) is 31.7 Å². The van der Waals surface area contributed by atoms with Gasteiger partial charge in [0.1, 0.15) is 0 Å². The topological polar surface area (TPSA) is 92.0 Å². The number of guanidine groups is 1. The maximum atomic E-state index is 11.5. The fraction of sp³-hybridized carbons (Fsp3) is 0.667. The highest BCUT2D eigenvalue weighted by Gasteiger charge is 2.26. The molecule has 1 aliphatic rings. The van der Waals surface area contributed by atoms with E-state index in [1.807, 2.05) is 20.8 Å². The van der Waals surface area contributed by atoms with E-state index in [9.17, 15) is 4.79 Å². The second-order valence-corrected chi connectivity index (χ2v) is 7.98. The van der Waals surface area contributed by atoms with Crippen molar-refractivity contribution in [2.24, 2.45) is 16.1 Å². The Hall–Kier alpha value is -1.64. The van der Waals surface area contributed by atoms with E-state index in [2.05, 4.69) is 38.0 Å². The normalized spacial score (nSPS) is 17.7. The molecule has 1 amide bonds. The molecule has 0 spiro atoms. The first kappa shape index (κ1) is 20.7. The number of thiophene rings is 1. The zero-order valence-electron chi connectivity index (χ0n) is 16.0. The van der Waals surface area contributed by atoms with E-state index in [-0.39, 0.29) is 11.9 Å². The van der Waals surface area contributed by atoms with Gasteiger partial charge >= 0.3 is 0 Å². The van der Waals surface area contributed by atoms with Crippen LogP contribution in [-0.2, 0) is 9.53 Å². The minimum absolute atomic E-state index is 0.270. The molecule has 1 aromatic rings. The van der Waals surface area contributed by atoms with Gasteiger partial charge in [-0.2, -0.15) is 0 Å². The van der Waals surface area contributed by atoms with Gasteiger partial charge in [-0.3, -0.25) is 14.7 Å². The quantitative estimate of drug-likeness (QED) is 0.465. The van der Waals surface area contributed by atoms with Crippen LogP contribution in [0, 0.1) is 5.41 Å². The Labute approximate surface area is 160 Å². The van der Waals surface area contributed by atoms with E-state index in [0.29, 0.717) is 12.5 Å². The van der Waals surface area contributed by atoms with Crippen molar-refractivity contribution in [3.63, 3.8) is 0 Å². The van der Waals surface area contributed by atoms with Gasteiger partial charge in [-0.25, -0.2) is 0 Å². The molecule has 1 fully saturated rings. The van der Waals surface area contributed by atoms with Gasteiger partial charge in [-0.1, -0.05) is 6.07 Å². The zero-order valence-corrected chi connectivity index (χ0v) is 16.8. The van der Waals surface area contributed by atoms with Crippen LogP contribution in [0.25, 0.3) is 0 Å². The molecule has 0 radical (unpaired) electrons. The van der Waals surface area contributed by atoms with Crippen molar-refractivity contribution < 1.29 is 9.53 Å². The zero-order chi connectivity index (χ0) is 19.0. The number of nitrogens with one attached hydrogen (secondary N) is 2. The van der Waals surface area contributed by atoms with Crippen LogP contribution in [0.4, 0.5) is 0 Å². The van der Waals surface area contributed by atoms with E-state index in [4.69, 9.17) is 10.5 Å². The first-order valence-electron chi connectivity index (χ1n) is 9.11. The predicted molar refractivity (Wildman–Crippen MR) is 106 cm³/mol. The molecule has 0 saturated carbocycles. The average molecular weight is 382 g/mol. The standard InChI is InChI=1S/C18H31N5O2S/c1-4-20-17(22-13-18(2,3)16(19)24)21-12-14(15-6-5-11-26-15)23-7-9-25-10-8-23/h5-6,11,14H,4,7-10,12-13H2,1-3H3,(H2,19,24)(H2,20,21,22). The van der Waals surface area contributed by atoms with Gasteiger partial charge in [0.05, 0.1) is 31.2 Å². The molecule has 1 aliphatic heterocycles. The molecule has 8 heteroatoms. The second kappa shape index (κ2) is 9.89. The number of hydrogen-bond donors (Lipinski definition) is 3. The van der Waals surface area contributed by atoms with Crippen molar-refractivity contribution in [1.29, 1.82) is 0 Å². The molecule has 146 valence electrons. The summed E-state index contributed by atoms with van der Waals surface area (Å²) in [4.78, 5) is 19.8. The number of nitrogens with zero attached hydrogens (tertiary/aromatic N) is 2. The molecule has 1 aromatic heterocycles. The minimum Gasteiger partial charge on any atom is -0.379 e. The summed E-state index contributed by atoms with van der Waals surface area (Å²) in [7, 11) is 0. The van der Waals surface area contributed by atoms with Crippen molar-refractivity contribution in [2.75, 3.05) is 45.9 Å². The summed E-state index contributed by atoms with van der Waals surface area (Å²) in [6, 6.07) is 4.53. The number of ether oxygens (including phenoxy) is 1. The van der Waals surface area contributed by atoms with Gasteiger partial charge in [0.25, 0.3) is 0 Å². The Bertz CT molecular complexity index is 582. The number of amides is 1. The predicted octanol–water partition coefficient (Wildman–Crippen LogP) is 1.19. The minimum atomic E-state index is -0.667. The number of hydrogen-bond acceptors (Lipinski definition) is 5. The van der Waals surface area contributed by atoms with E-state index < -0.39 is 5.41 Å². The number of carbonyl (C=O) groups excluding carboxylic acids is 1. The molecular weight excluding hydrogens is 350 g/mol. The summed E-state index contributed by atoms with van der Waals surface area (Å²) in [5, 5.41) is 8.78. The first-order valence-corrected chi connectivity index (χ1v) is 9.99. The number of nitrogens with two attached hydrogens (primary N) is 1. The molecule has 0 bridgehead atoms. The summed E-state index contributed by atoms with van der Waals surface area (Å²) in [6.45, 7) is 10.9. The molecule has 1 saturated heterocycles. The van der Waals surface area contributed by atoms with Crippen LogP contribution >= 0.6 is 11.3 Å². The van der Waals surface area contributed by atoms with Crippen LogP contribution in [0.2, 0.25) is 0 Å². The Kier molecular flexibility index (Phi) is 7.86. The molecule has 7 nitrogen and oxygen atoms in total. The highest BCUT2D eigenvalue weighted by Crippen LogP contribution is 2.25. The number of carbonyl (C=O) groups is 1. The summed E-state index contributed by atoms with van der Waals surface area (Å²) >= 11 is 1.77. The summed E-state index contributed by atoms with van der Waals surface area (Å²) < 4.78 is 5.49. The summed E-state index contributed by atoms with van der Waals surface area (Å²) in [6.07, 6.45) is 0. The van der Waals surface area contributed by atoms with Gasteiger partial charge in [0, 0.05) is 31.1 Å². The maximum absolute atomic E-state index is 11.5. The Morgan fingerprint density at radius 3 is 2.73 bits per heavy atom. The van der Waals surface area contributed by atoms with Crippen molar-refractivity contribution in [3.05, 3.63) is 22.4 Å². The average Bonchev–Trinajstić information content (AvgIpc) is 3.15. The molecule has 2 heterocycles. The van der Waals surface area contributed by atoms with Crippen LogP contribution in [-0.4, -0.2) is 62.7 Å². The molecular formula is C18H31N5O2S. The van der Waals surface area contributed by atoms with Crippen LogP contribution in [0.5, 0.6) is 0 Å². The van der Waals surface area contributed by atoms with Gasteiger partial charge in [0.15, 0.2) is 5.96 Å². The van der Waals surface area contributed by atoms with Gasteiger partial charge in [-0.15, -0.1) is 11.3 Å². The fourth-order valence-electron chi connectivity index (χ4n) is 2.67. The summed E-state index contributed by atoms with van der Waals surface area (Å²) in [5.41, 5.74) is 4.78. The van der Waals surface area contributed by atoms with Gasteiger partial charge in [-0.05, 0) is 32.2 Å². The molecule has 1 unspecified atom stereocenters. The van der Waals surface area contributed by atoms with E-state index in [1.165, 1.54) is 4.88 Å². The van der Waals surface area contributed by atoms with Crippen molar-refractivity contribution in [1.82, 2.24) is 15.5 Å². The maximum Gasteiger partial charge on any atom is 0.224 e. The lowest BCUT2D eigenvalue weighted by Crippen LogP contribution is -2.46. The molecule has 26 heavy (non-hydrogen) atoms. The number of aliphatic imine (C=N–C) groups is 1. The largest absolute Gasteiger partial charge is 0.379 e. The third-order valence-electron chi connectivity index (χ3n) is 4.46. The molecule has 0 aromatic carbocycles. The Balaban J connectivity index is 2.04. The lowest BCUT2D eigenvalue weighted by molar-refractivity contribution is -0.125. The van der Waals surface area contributed by atoms with Crippen LogP contribution < -0.4 is 16.4 Å². The highest BCUT2D eigenvalue weighted by atomic mass is 32.1. The Morgan fingerprint density at radius 2 is 2.15 bits per heavy atom. The number of primary amides is 1. The van der Waals surface area contributed by atoms with Gasteiger partial charge < -0.3 is 21.1 Å². The van der Waals surface area contributed by atoms with Crippen molar-refractivity contribution >= 4 is 23.2 Å². The van der Waals surface area contributed by atoms with Crippen LogP contribution in [0.3, 0.4) is 0 Å². The highest BCUT2D eigenvalue weighted by molar-refractivity contribution is 7.10.